The van der Waals surface area contributed by atoms with Crippen molar-refractivity contribution >= 4 is 11.4 Å². The van der Waals surface area contributed by atoms with Gasteiger partial charge in [-0.1, -0.05) is 42.5 Å². The minimum absolute atomic E-state index is 0.0682. The van der Waals surface area contributed by atoms with Crippen molar-refractivity contribution in [1.82, 2.24) is 9.55 Å². The molecule has 28 heavy (non-hydrogen) atoms. The Kier molecular flexibility index (Phi) is 4.84. The monoisotopic (exact) mass is 370 g/mol. The maximum atomic E-state index is 10.8. The Morgan fingerprint density at radius 2 is 1.64 bits per heavy atom. The second kappa shape index (κ2) is 7.75. The first-order valence-electron chi connectivity index (χ1n) is 8.87. The van der Waals surface area contributed by atoms with Gasteiger partial charge in [-0.3, -0.25) is 10.1 Å². The number of nitrogens with zero attached hydrogens (tertiary/aromatic N) is 3. The summed E-state index contributed by atoms with van der Waals surface area (Å²) in [5.74, 6) is 0. The quantitative estimate of drug-likeness (QED) is 0.380. The van der Waals surface area contributed by atoms with Gasteiger partial charge in [0.05, 0.1) is 28.3 Å². The van der Waals surface area contributed by atoms with Crippen LogP contribution in [0.1, 0.15) is 5.56 Å². The van der Waals surface area contributed by atoms with Gasteiger partial charge in [0.1, 0.15) is 0 Å². The molecule has 0 fully saturated rings. The highest BCUT2D eigenvalue weighted by Gasteiger charge is 2.09. The molecule has 0 aliphatic heterocycles. The molecule has 1 aromatic heterocycles. The number of para-hydroxylation sites is 2. The number of hydrogen-bond donors (Lipinski definition) is 1. The molecule has 0 radical (unpaired) electrons. The minimum atomic E-state index is -0.406. The van der Waals surface area contributed by atoms with Crippen molar-refractivity contribution in [2.24, 2.45) is 0 Å². The SMILES string of the molecule is O=[N+]([O-])c1ccc(-c2cn(-c3ccccc3NCc3ccccc3)cn2)cc1. The van der Waals surface area contributed by atoms with E-state index < -0.39 is 4.92 Å². The van der Waals surface area contributed by atoms with Crippen LogP contribution in [-0.2, 0) is 6.54 Å². The Morgan fingerprint density at radius 3 is 2.39 bits per heavy atom. The molecule has 0 saturated heterocycles. The first-order valence-corrected chi connectivity index (χ1v) is 8.87. The summed E-state index contributed by atoms with van der Waals surface area (Å²) in [5.41, 5.74) is 4.85. The van der Waals surface area contributed by atoms with E-state index in [1.807, 2.05) is 53.2 Å². The molecule has 0 aliphatic carbocycles. The Hall–Kier alpha value is -3.93. The molecule has 1 N–H and O–H groups in total. The van der Waals surface area contributed by atoms with E-state index in [0.29, 0.717) is 0 Å². The predicted molar refractivity (Wildman–Crippen MR) is 109 cm³/mol. The Balaban J connectivity index is 1.57. The highest BCUT2D eigenvalue weighted by Crippen LogP contribution is 2.25. The van der Waals surface area contributed by atoms with Crippen molar-refractivity contribution in [2.75, 3.05) is 5.32 Å². The van der Waals surface area contributed by atoms with E-state index >= 15 is 0 Å². The second-order valence-corrected chi connectivity index (χ2v) is 6.33. The molecule has 0 bridgehead atoms. The maximum Gasteiger partial charge on any atom is 0.269 e. The van der Waals surface area contributed by atoms with Crippen LogP contribution in [0, 0.1) is 10.1 Å². The van der Waals surface area contributed by atoms with Crippen LogP contribution in [0.5, 0.6) is 0 Å². The molecule has 4 rings (SSSR count). The van der Waals surface area contributed by atoms with Crippen LogP contribution in [0.3, 0.4) is 0 Å². The van der Waals surface area contributed by atoms with E-state index in [0.717, 1.165) is 29.2 Å². The molecule has 0 aliphatic rings. The highest BCUT2D eigenvalue weighted by atomic mass is 16.6. The van der Waals surface area contributed by atoms with Gasteiger partial charge in [0.2, 0.25) is 0 Å². The lowest BCUT2D eigenvalue weighted by atomic mass is 10.1. The third-order valence-electron chi connectivity index (χ3n) is 4.46. The number of nitrogens with one attached hydrogen (secondary N) is 1. The van der Waals surface area contributed by atoms with Gasteiger partial charge in [-0.2, -0.15) is 0 Å². The fourth-order valence-electron chi connectivity index (χ4n) is 3.00. The van der Waals surface area contributed by atoms with Gasteiger partial charge in [-0.25, -0.2) is 4.98 Å². The number of nitro benzene ring substituents is 1. The standard InChI is InChI=1S/C22H18N4O2/c27-26(28)19-12-10-18(11-13-19)21-15-25(16-24-21)22-9-5-4-8-20(22)23-14-17-6-2-1-3-7-17/h1-13,15-16,23H,14H2. The number of nitro groups is 1. The number of aromatic nitrogens is 2. The van der Waals surface area contributed by atoms with Gasteiger partial charge in [0, 0.05) is 30.4 Å². The fraction of sp³-hybridized carbons (Fsp3) is 0.0455. The predicted octanol–water partition coefficient (Wildman–Crippen LogP) is 5.06. The van der Waals surface area contributed by atoms with Gasteiger partial charge in [-0.05, 0) is 29.8 Å². The average molecular weight is 370 g/mol. The molecule has 138 valence electrons. The molecule has 0 unspecified atom stereocenters. The third-order valence-corrected chi connectivity index (χ3v) is 4.46. The zero-order chi connectivity index (χ0) is 19.3. The minimum Gasteiger partial charge on any atom is -0.379 e. The van der Waals surface area contributed by atoms with Gasteiger partial charge < -0.3 is 9.88 Å². The van der Waals surface area contributed by atoms with Gasteiger partial charge in [-0.15, -0.1) is 0 Å². The van der Waals surface area contributed by atoms with Crippen molar-refractivity contribution in [3.05, 3.63) is 107 Å². The van der Waals surface area contributed by atoms with E-state index in [9.17, 15) is 10.1 Å². The second-order valence-electron chi connectivity index (χ2n) is 6.33. The van der Waals surface area contributed by atoms with Crippen LogP contribution in [-0.4, -0.2) is 14.5 Å². The lowest BCUT2D eigenvalue weighted by Crippen LogP contribution is -2.03. The largest absolute Gasteiger partial charge is 0.379 e. The van der Waals surface area contributed by atoms with Crippen LogP contribution < -0.4 is 5.32 Å². The number of imidazole rings is 1. The topological polar surface area (TPSA) is 73.0 Å². The Bertz CT molecular complexity index is 1090. The van der Waals surface area contributed by atoms with E-state index in [4.69, 9.17) is 0 Å². The van der Waals surface area contributed by atoms with Crippen LogP contribution >= 0.6 is 0 Å². The molecular formula is C22H18N4O2. The zero-order valence-electron chi connectivity index (χ0n) is 15.0. The molecule has 6 nitrogen and oxygen atoms in total. The molecule has 0 spiro atoms. The van der Waals surface area contributed by atoms with Gasteiger partial charge in [0.25, 0.3) is 5.69 Å². The summed E-state index contributed by atoms with van der Waals surface area (Å²) < 4.78 is 1.95. The van der Waals surface area contributed by atoms with E-state index in [2.05, 4.69) is 22.4 Å². The number of non-ortho nitro benzene ring substituents is 1. The zero-order valence-corrected chi connectivity index (χ0v) is 15.0. The lowest BCUT2D eigenvalue weighted by Gasteiger charge is -2.12. The van der Waals surface area contributed by atoms with Crippen LogP contribution in [0.2, 0.25) is 0 Å². The molecule has 0 saturated carbocycles. The lowest BCUT2D eigenvalue weighted by molar-refractivity contribution is -0.384. The van der Waals surface area contributed by atoms with E-state index in [1.165, 1.54) is 17.7 Å². The number of benzene rings is 3. The van der Waals surface area contributed by atoms with Crippen LogP contribution in [0.25, 0.3) is 16.9 Å². The van der Waals surface area contributed by atoms with Crippen molar-refractivity contribution in [1.29, 1.82) is 0 Å². The fourth-order valence-corrected chi connectivity index (χ4v) is 3.00. The highest BCUT2D eigenvalue weighted by molar-refractivity contribution is 5.64. The van der Waals surface area contributed by atoms with E-state index in [1.54, 1.807) is 18.5 Å². The Morgan fingerprint density at radius 1 is 0.929 bits per heavy atom. The smallest absolute Gasteiger partial charge is 0.269 e. The Labute approximate surface area is 162 Å². The average Bonchev–Trinajstić information content (AvgIpc) is 3.23. The molecular weight excluding hydrogens is 352 g/mol. The van der Waals surface area contributed by atoms with E-state index in [-0.39, 0.29) is 5.69 Å². The van der Waals surface area contributed by atoms with Gasteiger partial charge >= 0.3 is 0 Å². The summed E-state index contributed by atoms with van der Waals surface area (Å²) in [6.07, 6.45) is 3.67. The molecule has 4 aromatic rings. The van der Waals surface area contributed by atoms with Crippen LogP contribution in [0.4, 0.5) is 11.4 Å². The number of anilines is 1. The number of rotatable bonds is 6. The maximum absolute atomic E-state index is 10.8. The molecule has 6 heteroatoms. The summed E-state index contributed by atoms with van der Waals surface area (Å²) in [5, 5.41) is 14.3. The van der Waals surface area contributed by atoms with Crippen molar-refractivity contribution in [3.63, 3.8) is 0 Å². The molecule has 0 amide bonds. The first-order chi connectivity index (χ1) is 13.7. The third kappa shape index (κ3) is 3.76. The van der Waals surface area contributed by atoms with Crippen LogP contribution in [0.15, 0.2) is 91.4 Å². The number of hydrogen-bond acceptors (Lipinski definition) is 4. The summed E-state index contributed by atoms with van der Waals surface area (Å²) in [7, 11) is 0. The summed E-state index contributed by atoms with van der Waals surface area (Å²) in [6, 6.07) is 24.6. The molecule has 3 aromatic carbocycles. The van der Waals surface area contributed by atoms with Crippen molar-refractivity contribution in [3.8, 4) is 16.9 Å². The molecule has 0 atom stereocenters. The summed E-state index contributed by atoms with van der Waals surface area (Å²) >= 11 is 0. The van der Waals surface area contributed by atoms with Crippen molar-refractivity contribution in [2.45, 2.75) is 6.54 Å². The summed E-state index contributed by atoms with van der Waals surface area (Å²) in [6.45, 7) is 0.724. The van der Waals surface area contributed by atoms with Crippen molar-refractivity contribution < 1.29 is 4.92 Å². The summed E-state index contributed by atoms with van der Waals surface area (Å²) in [4.78, 5) is 14.9. The normalized spacial score (nSPS) is 10.6. The van der Waals surface area contributed by atoms with Gasteiger partial charge in [0.15, 0.2) is 0 Å². The first kappa shape index (κ1) is 17.5. The molecule has 1 heterocycles.